The fourth-order valence-corrected chi connectivity index (χ4v) is 0.886. The Morgan fingerprint density at radius 1 is 1.83 bits per heavy atom. The molecule has 0 spiro atoms. The molecule has 0 aromatic heterocycles. The van der Waals surface area contributed by atoms with Crippen molar-refractivity contribution in [3.05, 3.63) is 12.7 Å². The predicted molar refractivity (Wildman–Crippen MR) is 43.9 cm³/mol. The number of amides is 1. The SMILES string of the molecule is C=CC(=O)NCCN1CCNO1. The Morgan fingerprint density at radius 3 is 3.25 bits per heavy atom. The molecular weight excluding hydrogens is 158 g/mol. The van der Waals surface area contributed by atoms with E-state index in [0.29, 0.717) is 13.1 Å². The van der Waals surface area contributed by atoms with Crippen LogP contribution >= 0.6 is 0 Å². The highest BCUT2D eigenvalue weighted by molar-refractivity contribution is 5.86. The summed E-state index contributed by atoms with van der Waals surface area (Å²) in [5.41, 5.74) is 2.72. The maximum absolute atomic E-state index is 10.7. The van der Waals surface area contributed by atoms with Gasteiger partial charge >= 0.3 is 0 Å². The first-order valence-electron chi connectivity index (χ1n) is 3.88. The number of rotatable bonds is 4. The van der Waals surface area contributed by atoms with Crippen molar-refractivity contribution >= 4 is 5.91 Å². The van der Waals surface area contributed by atoms with E-state index < -0.39 is 0 Å². The van der Waals surface area contributed by atoms with Crippen LogP contribution in [0.2, 0.25) is 0 Å². The lowest BCUT2D eigenvalue weighted by Crippen LogP contribution is -2.32. The fraction of sp³-hybridized carbons (Fsp3) is 0.571. The van der Waals surface area contributed by atoms with Gasteiger partial charge in [-0.3, -0.25) is 4.79 Å². The minimum absolute atomic E-state index is 0.151. The Hall–Kier alpha value is -0.910. The van der Waals surface area contributed by atoms with Gasteiger partial charge in [0.15, 0.2) is 0 Å². The van der Waals surface area contributed by atoms with Gasteiger partial charge in [-0.2, -0.15) is 10.5 Å². The van der Waals surface area contributed by atoms with Crippen LogP contribution in [0.1, 0.15) is 0 Å². The van der Waals surface area contributed by atoms with E-state index in [1.165, 1.54) is 6.08 Å². The number of nitrogens with one attached hydrogen (secondary N) is 2. The van der Waals surface area contributed by atoms with Crippen molar-refractivity contribution < 1.29 is 9.73 Å². The molecule has 0 unspecified atom stereocenters. The molecule has 0 saturated carbocycles. The molecule has 0 aliphatic carbocycles. The molecule has 1 rings (SSSR count). The van der Waals surface area contributed by atoms with Crippen molar-refractivity contribution in [2.45, 2.75) is 0 Å². The van der Waals surface area contributed by atoms with E-state index >= 15 is 0 Å². The highest BCUT2D eigenvalue weighted by Crippen LogP contribution is 1.91. The van der Waals surface area contributed by atoms with E-state index in [1.54, 1.807) is 5.06 Å². The van der Waals surface area contributed by atoms with Crippen LogP contribution in [0.4, 0.5) is 0 Å². The molecule has 1 heterocycles. The quantitative estimate of drug-likeness (QED) is 0.535. The summed E-state index contributed by atoms with van der Waals surface area (Å²) in [7, 11) is 0. The molecule has 1 saturated heterocycles. The summed E-state index contributed by atoms with van der Waals surface area (Å²) in [4.78, 5) is 15.7. The molecule has 5 nitrogen and oxygen atoms in total. The minimum Gasteiger partial charge on any atom is -0.351 e. The van der Waals surface area contributed by atoms with Crippen molar-refractivity contribution in [1.29, 1.82) is 0 Å². The monoisotopic (exact) mass is 171 g/mol. The first-order valence-corrected chi connectivity index (χ1v) is 3.88. The van der Waals surface area contributed by atoms with Gasteiger partial charge in [0.25, 0.3) is 0 Å². The average molecular weight is 171 g/mol. The summed E-state index contributed by atoms with van der Waals surface area (Å²) < 4.78 is 0. The topological polar surface area (TPSA) is 53.6 Å². The molecule has 1 fully saturated rings. The third kappa shape index (κ3) is 3.00. The van der Waals surface area contributed by atoms with Crippen LogP contribution in [0.25, 0.3) is 0 Å². The zero-order chi connectivity index (χ0) is 8.81. The number of carbonyl (C=O) groups is 1. The largest absolute Gasteiger partial charge is 0.351 e. The fourth-order valence-electron chi connectivity index (χ4n) is 0.886. The summed E-state index contributed by atoms with van der Waals surface area (Å²) in [6.45, 7) is 6.28. The van der Waals surface area contributed by atoms with Gasteiger partial charge in [0.2, 0.25) is 5.91 Å². The Morgan fingerprint density at radius 2 is 2.67 bits per heavy atom. The van der Waals surface area contributed by atoms with Crippen molar-refractivity contribution in [3.8, 4) is 0 Å². The van der Waals surface area contributed by atoms with Crippen LogP contribution in [0, 0.1) is 0 Å². The number of hydrogen-bond donors (Lipinski definition) is 2. The molecule has 0 bridgehead atoms. The maximum atomic E-state index is 10.7. The Bertz CT molecular complexity index is 166. The van der Waals surface area contributed by atoms with E-state index in [4.69, 9.17) is 4.94 Å². The number of hydroxylamine groups is 3. The first-order chi connectivity index (χ1) is 5.83. The summed E-state index contributed by atoms with van der Waals surface area (Å²) in [5.74, 6) is -0.151. The molecule has 2 N–H and O–H groups in total. The maximum Gasteiger partial charge on any atom is 0.243 e. The van der Waals surface area contributed by atoms with Crippen molar-refractivity contribution in [3.63, 3.8) is 0 Å². The van der Waals surface area contributed by atoms with Crippen molar-refractivity contribution in [1.82, 2.24) is 15.9 Å². The Balaban J connectivity index is 2.01. The molecule has 1 amide bonds. The summed E-state index contributed by atoms with van der Waals surface area (Å²) in [5, 5.41) is 4.41. The van der Waals surface area contributed by atoms with E-state index in [-0.39, 0.29) is 5.91 Å². The summed E-state index contributed by atoms with van der Waals surface area (Å²) in [6, 6.07) is 0. The highest BCUT2D eigenvalue weighted by atomic mass is 16.8. The predicted octanol–water partition coefficient (Wildman–Crippen LogP) is -0.960. The third-order valence-electron chi connectivity index (χ3n) is 1.50. The van der Waals surface area contributed by atoms with Crippen molar-refractivity contribution in [2.75, 3.05) is 26.2 Å². The Kier molecular flexibility index (Phi) is 3.72. The number of hydrogen-bond acceptors (Lipinski definition) is 4. The average Bonchev–Trinajstić information content (AvgIpc) is 2.57. The minimum atomic E-state index is -0.151. The lowest BCUT2D eigenvalue weighted by molar-refractivity contribution is -0.156. The summed E-state index contributed by atoms with van der Waals surface area (Å²) in [6.07, 6.45) is 1.25. The van der Waals surface area contributed by atoms with E-state index in [0.717, 1.165) is 13.1 Å². The molecule has 68 valence electrons. The van der Waals surface area contributed by atoms with E-state index in [1.807, 2.05) is 0 Å². The number of carbonyl (C=O) groups excluding carboxylic acids is 1. The van der Waals surface area contributed by atoms with Crippen LogP contribution in [0.3, 0.4) is 0 Å². The molecular formula is C7H13N3O2. The molecule has 1 aliphatic rings. The van der Waals surface area contributed by atoms with Crippen LogP contribution in [-0.2, 0) is 9.73 Å². The van der Waals surface area contributed by atoms with Crippen molar-refractivity contribution in [2.24, 2.45) is 0 Å². The molecule has 0 aromatic rings. The van der Waals surface area contributed by atoms with Crippen LogP contribution in [-0.4, -0.2) is 37.1 Å². The normalized spacial score (nSPS) is 17.7. The van der Waals surface area contributed by atoms with Gasteiger partial charge in [0, 0.05) is 26.2 Å². The van der Waals surface area contributed by atoms with Crippen LogP contribution in [0.5, 0.6) is 0 Å². The van der Waals surface area contributed by atoms with E-state index in [2.05, 4.69) is 17.4 Å². The molecule has 12 heavy (non-hydrogen) atoms. The van der Waals surface area contributed by atoms with Gasteiger partial charge < -0.3 is 5.32 Å². The molecule has 0 aromatic carbocycles. The Labute approximate surface area is 71.3 Å². The summed E-state index contributed by atoms with van der Waals surface area (Å²) >= 11 is 0. The second-order valence-corrected chi connectivity index (χ2v) is 2.41. The van der Waals surface area contributed by atoms with Gasteiger partial charge in [-0.15, -0.1) is 0 Å². The molecule has 1 aliphatic heterocycles. The second kappa shape index (κ2) is 4.87. The lowest BCUT2D eigenvalue weighted by Gasteiger charge is -2.11. The standard InChI is InChI=1S/C7H13N3O2/c1-2-7(11)8-3-5-10-6-4-9-12-10/h2,9H,1,3-6H2,(H,8,11). The van der Waals surface area contributed by atoms with Gasteiger partial charge in [0.1, 0.15) is 0 Å². The first kappa shape index (κ1) is 9.18. The van der Waals surface area contributed by atoms with Crippen LogP contribution in [0.15, 0.2) is 12.7 Å². The van der Waals surface area contributed by atoms with Crippen LogP contribution < -0.4 is 10.8 Å². The highest BCUT2D eigenvalue weighted by Gasteiger charge is 2.10. The molecule has 0 radical (unpaired) electrons. The smallest absolute Gasteiger partial charge is 0.243 e. The third-order valence-corrected chi connectivity index (χ3v) is 1.50. The zero-order valence-corrected chi connectivity index (χ0v) is 6.88. The van der Waals surface area contributed by atoms with Gasteiger partial charge in [-0.1, -0.05) is 6.58 Å². The molecule has 5 heteroatoms. The second-order valence-electron chi connectivity index (χ2n) is 2.41. The lowest BCUT2D eigenvalue weighted by atomic mass is 10.5. The van der Waals surface area contributed by atoms with Gasteiger partial charge in [-0.05, 0) is 6.08 Å². The number of nitrogens with zero attached hydrogens (tertiary/aromatic N) is 1. The molecule has 0 atom stereocenters. The van der Waals surface area contributed by atoms with Gasteiger partial charge in [-0.25, -0.2) is 4.94 Å². The zero-order valence-electron chi connectivity index (χ0n) is 6.88. The van der Waals surface area contributed by atoms with E-state index in [9.17, 15) is 4.79 Å². The van der Waals surface area contributed by atoms with Gasteiger partial charge in [0.05, 0.1) is 0 Å².